The first-order chi connectivity index (χ1) is 11.0. The number of pyridine rings is 1. The van der Waals surface area contributed by atoms with Crippen LogP contribution in [0.4, 0.5) is 0 Å². The molecule has 3 rings (SSSR count). The topological polar surface area (TPSA) is 54.9 Å². The van der Waals surface area contributed by atoms with E-state index in [0.29, 0.717) is 15.8 Å². The lowest BCUT2D eigenvalue weighted by Gasteiger charge is -2.04. The Morgan fingerprint density at radius 2 is 2.00 bits per heavy atom. The molecule has 118 valence electrons. The highest BCUT2D eigenvalue weighted by Gasteiger charge is 2.17. The summed E-state index contributed by atoms with van der Waals surface area (Å²) in [7, 11) is 0. The van der Waals surface area contributed by atoms with Crippen molar-refractivity contribution in [3.8, 4) is 9.88 Å². The van der Waals surface area contributed by atoms with Gasteiger partial charge in [0.1, 0.15) is 9.88 Å². The van der Waals surface area contributed by atoms with Crippen LogP contribution in [0.15, 0.2) is 30.3 Å². The third kappa shape index (κ3) is 3.77. The van der Waals surface area contributed by atoms with Crippen LogP contribution in [0.25, 0.3) is 9.88 Å². The van der Waals surface area contributed by atoms with Crippen molar-refractivity contribution in [3.05, 3.63) is 56.6 Å². The first kappa shape index (κ1) is 16.1. The van der Waals surface area contributed by atoms with E-state index in [1.54, 1.807) is 0 Å². The van der Waals surface area contributed by atoms with E-state index in [9.17, 15) is 4.79 Å². The molecule has 0 saturated heterocycles. The average Bonchev–Trinajstić information content (AvgIpc) is 3.11. The Morgan fingerprint density at radius 1 is 1.17 bits per heavy atom. The van der Waals surface area contributed by atoms with Crippen LogP contribution in [0.5, 0.6) is 0 Å². The van der Waals surface area contributed by atoms with Crippen LogP contribution in [0.1, 0.15) is 26.8 Å². The molecule has 1 N–H and O–H groups in total. The smallest absolute Gasteiger partial charge is 0.263 e. The van der Waals surface area contributed by atoms with Gasteiger partial charge in [-0.1, -0.05) is 17.7 Å². The lowest BCUT2D eigenvalue weighted by atomic mass is 10.3. The second kappa shape index (κ2) is 6.78. The molecule has 0 unspecified atom stereocenters. The summed E-state index contributed by atoms with van der Waals surface area (Å²) in [6.07, 6.45) is 0. The SMILES string of the molecule is Cc1cccc(CNC(=O)c2sc(-c3ccc(Cl)s3)nc2C)n1. The summed E-state index contributed by atoms with van der Waals surface area (Å²) in [5.41, 5.74) is 2.50. The highest BCUT2D eigenvalue weighted by Crippen LogP contribution is 2.34. The Hall–Kier alpha value is -1.76. The van der Waals surface area contributed by atoms with Gasteiger partial charge in [0, 0.05) is 5.69 Å². The van der Waals surface area contributed by atoms with Crippen LogP contribution in [-0.4, -0.2) is 15.9 Å². The molecule has 0 aliphatic rings. The molecule has 7 heteroatoms. The summed E-state index contributed by atoms with van der Waals surface area (Å²) >= 11 is 8.80. The van der Waals surface area contributed by atoms with Gasteiger partial charge in [-0.05, 0) is 38.1 Å². The van der Waals surface area contributed by atoms with E-state index in [0.717, 1.165) is 27.0 Å². The van der Waals surface area contributed by atoms with Crippen molar-refractivity contribution in [2.75, 3.05) is 0 Å². The number of carbonyl (C=O) groups is 1. The summed E-state index contributed by atoms with van der Waals surface area (Å²) < 4.78 is 0.712. The normalized spacial score (nSPS) is 10.7. The number of hydrogen-bond donors (Lipinski definition) is 1. The van der Waals surface area contributed by atoms with E-state index in [4.69, 9.17) is 11.6 Å². The Labute approximate surface area is 147 Å². The first-order valence-electron chi connectivity index (χ1n) is 6.97. The largest absolute Gasteiger partial charge is 0.346 e. The van der Waals surface area contributed by atoms with Gasteiger partial charge in [0.05, 0.1) is 27.1 Å². The number of thiazole rings is 1. The third-order valence-corrected chi connectivity index (χ3v) is 5.72. The van der Waals surface area contributed by atoms with Crippen molar-refractivity contribution in [2.24, 2.45) is 0 Å². The Morgan fingerprint density at radius 3 is 2.70 bits per heavy atom. The second-order valence-electron chi connectivity index (χ2n) is 4.99. The summed E-state index contributed by atoms with van der Waals surface area (Å²) in [5.74, 6) is -0.128. The molecule has 3 heterocycles. The number of nitrogens with zero attached hydrogens (tertiary/aromatic N) is 2. The standard InChI is InChI=1S/C16H14ClN3OS2/c1-9-4-3-5-11(19-9)8-18-15(21)14-10(2)20-16(23-14)12-6-7-13(17)22-12/h3-7H,8H2,1-2H3,(H,18,21). The number of aromatic nitrogens is 2. The molecule has 4 nitrogen and oxygen atoms in total. The molecule has 0 radical (unpaired) electrons. The van der Waals surface area contributed by atoms with Crippen molar-refractivity contribution in [1.29, 1.82) is 0 Å². The fourth-order valence-corrected chi connectivity index (χ4v) is 4.17. The maximum Gasteiger partial charge on any atom is 0.263 e. The monoisotopic (exact) mass is 363 g/mol. The number of rotatable bonds is 4. The Balaban J connectivity index is 1.73. The molecular weight excluding hydrogens is 350 g/mol. The van der Waals surface area contributed by atoms with Crippen molar-refractivity contribution in [1.82, 2.24) is 15.3 Å². The van der Waals surface area contributed by atoms with Crippen molar-refractivity contribution in [3.63, 3.8) is 0 Å². The van der Waals surface area contributed by atoms with E-state index in [1.807, 2.05) is 44.2 Å². The fraction of sp³-hybridized carbons (Fsp3) is 0.188. The molecule has 3 aromatic heterocycles. The molecule has 0 aliphatic carbocycles. The lowest BCUT2D eigenvalue weighted by Crippen LogP contribution is -2.23. The lowest BCUT2D eigenvalue weighted by molar-refractivity contribution is 0.0953. The summed E-state index contributed by atoms with van der Waals surface area (Å²) in [6.45, 7) is 4.17. The van der Waals surface area contributed by atoms with Crippen LogP contribution in [0.3, 0.4) is 0 Å². The maximum absolute atomic E-state index is 12.4. The third-order valence-electron chi connectivity index (χ3n) is 3.16. The molecule has 3 aromatic rings. The van der Waals surface area contributed by atoms with E-state index in [1.165, 1.54) is 22.7 Å². The van der Waals surface area contributed by atoms with E-state index in [2.05, 4.69) is 15.3 Å². The average molecular weight is 364 g/mol. The quantitative estimate of drug-likeness (QED) is 0.744. The number of thiophene rings is 1. The van der Waals surface area contributed by atoms with Gasteiger partial charge in [0.2, 0.25) is 0 Å². The van der Waals surface area contributed by atoms with Crippen LogP contribution >= 0.6 is 34.3 Å². The highest BCUT2D eigenvalue weighted by atomic mass is 35.5. The molecule has 1 amide bonds. The van der Waals surface area contributed by atoms with Crippen LogP contribution in [0.2, 0.25) is 4.34 Å². The van der Waals surface area contributed by atoms with E-state index >= 15 is 0 Å². The zero-order valence-corrected chi connectivity index (χ0v) is 15.0. The molecule has 23 heavy (non-hydrogen) atoms. The minimum atomic E-state index is -0.128. The molecule has 0 bridgehead atoms. The van der Waals surface area contributed by atoms with Gasteiger partial charge in [0.25, 0.3) is 5.91 Å². The van der Waals surface area contributed by atoms with Gasteiger partial charge in [-0.2, -0.15) is 0 Å². The second-order valence-corrected chi connectivity index (χ2v) is 7.70. The zero-order valence-electron chi connectivity index (χ0n) is 12.6. The number of halogens is 1. The minimum Gasteiger partial charge on any atom is -0.346 e. The van der Waals surface area contributed by atoms with Crippen LogP contribution in [-0.2, 0) is 6.54 Å². The number of aryl methyl sites for hydroxylation is 2. The van der Waals surface area contributed by atoms with Crippen molar-refractivity contribution >= 4 is 40.2 Å². The summed E-state index contributed by atoms with van der Waals surface area (Å²) in [5, 5.41) is 3.72. The number of nitrogens with one attached hydrogen (secondary N) is 1. The zero-order chi connectivity index (χ0) is 16.4. The van der Waals surface area contributed by atoms with Crippen LogP contribution < -0.4 is 5.32 Å². The van der Waals surface area contributed by atoms with E-state index < -0.39 is 0 Å². The predicted octanol–water partition coefficient (Wildman–Crippen LogP) is 4.47. The van der Waals surface area contributed by atoms with Gasteiger partial charge in [-0.25, -0.2) is 4.98 Å². The molecule has 0 spiro atoms. The Bertz CT molecular complexity index is 857. The Kier molecular flexibility index (Phi) is 4.75. The van der Waals surface area contributed by atoms with Gasteiger partial charge in [0.15, 0.2) is 0 Å². The number of carbonyl (C=O) groups excluding carboxylic acids is 1. The van der Waals surface area contributed by atoms with Gasteiger partial charge < -0.3 is 5.32 Å². The van der Waals surface area contributed by atoms with E-state index in [-0.39, 0.29) is 5.91 Å². The first-order valence-corrected chi connectivity index (χ1v) is 8.98. The number of amides is 1. The highest BCUT2D eigenvalue weighted by molar-refractivity contribution is 7.24. The molecule has 0 atom stereocenters. The number of hydrogen-bond acceptors (Lipinski definition) is 5. The summed E-state index contributed by atoms with van der Waals surface area (Å²) in [6, 6.07) is 9.51. The van der Waals surface area contributed by atoms with Gasteiger partial charge in [-0.15, -0.1) is 22.7 Å². The van der Waals surface area contributed by atoms with Crippen molar-refractivity contribution in [2.45, 2.75) is 20.4 Å². The summed E-state index contributed by atoms with van der Waals surface area (Å²) in [4.78, 5) is 22.8. The molecular formula is C16H14ClN3OS2. The maximum atomic E-state index is 12.4. The predicted molar refractivity (Wildman–Crippen MR) is 95.3 cm³/mol. The van der Waals surface area contributed by atoms with Gasteiger partial charge >= 0.3 is 0 Å². The molecule has 0 aliphatic heterocycles. The van der Waals surface area contributed by atoms with Crippen LogP contribution in [0, 0.1) is 13.8 Å². The van der Waals surface area contributed by atoms with Gasteiger partial charge in [-0.3, -0.25) is 9.78 Å². The molecule has 0 saturated carbocycles. The molecule has 0 fully saturated rings. The molecule has 0 aromatic carbocycles. The van der Waals surface area contributed by atoms with Crippen molar-refractivity contribution < 1.29 is 4.79 Å². The fourth-order valence-electron chi connectivity index (χ4n) is 2.09. The minimum absolute atomic E-state index is 0.128.